The van der Waals surface area contributed by atoms with E-state index >= 15 is 0 Å². The highest BCUT2D eigenvalue weighted by Crippen LogP contribution is 2.08. The van der Waals surface area contributed by atoms with E-state index in [1.807, 2.05) is 0 Å². The molecule has 1 amide bonds. The molecule has 1 aromatic heterocycles. The second-order valence-electron chi connectivity index (χ2n) is 4.33. The zero-order valence-electron chi connectivity index (χ0n) is 10.3. The summed E-state index contributed by atoms with van der Waals surface area (Å²) in [5.74, 6) is -1.70. The smallest absolute Gasteiger partial charge is 0.317 e. The Balaban J connectivity index is 1.92. The van der Waals surface area contributed by atoms with E-state index < -0.39 is 11.9 Å². The molecule has 0 aromatic carbocycles. The van der Waals surface area contributed by atoms with Crippen molar-refractivity contribution in [2.75, 3.05) is 32.7 Å². The topological polar surface area (TPSA) is 73.7 Å². The van der Waals surface area contributed by atoms with Gasteiger partial charge in [0.15, 0.2) is 0 Å². The predicted octanol–water partition coefficient (Wildman–Crippen LogP) is 0.0631. The van der Waals surface area contributed by atoms with Crippen LogP contribution in [0.3, 0.4) is 0 Å². The lowest BCUT2D eigenvalue weighted by atomic mass is 10.2. The third kappa shape index (κ3) is 3.47. The van der Waals surface area contributed by atoms with Gasteiger partial charge in [-0.15, -0.1) is 0 Å². The van der Waals surface area contributed by atoms with E-state index in [1.54, 1.807) is 9.80 Å². The van der Waals surface area contributed by atoms with E-state index in [9.17, 15) is 14.0 Å². The molecule has 102 valence electrons. The standard InChI is InChI=1S/C12H14FN3O3/c13-10-2-1-9(7-14-10)12(19)16-5-3-15(4-6-16)8-11(17)18/h1-2,7H,3-6,8H2,(H,17,18). The molecular weight excluding hydrogens is 253 g/mol. The van der Waals surface area contributed by atoms with E-state index in [-0.39, 0.29) is 12.5 Å². The maximum atomic E-state index is 12.7. The Morgan fingerprint density at radius 2 is 1.95 bits per heavy atom. The van der Waals surface area contributed by atoms with Gasteiger partial charge in [-0.3, -0.25) is 14.5 Å². The molecule has 0 spiro atoms. The van der Waals surface area contributed by atoms with Crippen LogP contribution in [0.5, 0.6) is 0 Å². The van der Waals surface area contributed by atoms with Crippen molar-refractivity contribution in [1.29, 1.82) is 0 Å². The molecule has 0 radical (unpaired) electrons. The van der Waals surface area contributed by atoms with E-state index in [1.165, 1.54) is 12.3 Å². The molecule has 0 unspecified atom stereocenters. The molecule has 1 aliphatic heterocycles. The zero-order chi connectivity index (χ0) is 13.8. The second kappa shape index (κ2) is 5.75. The van der Waals surface area contributed by atoms with E-state index in [4.69, 9.17) is 5.11 Å². The predicted molar refractivity (Wildman–Crippen MR) is 64.2 cm³/mol. The van der Waals surface area contributed by atoms with Gasteiger partial charge in [-0.2, -0.15) is 4.39 Å². The van der Waals surface area contributed by atoms with Gasteiger partial charge in [0.25, 0.3) is 5.91 Å². The molecule has 1 aromatic rings. The number of pyridine rings is 1. The average molecular weight is 267 g/mol. The largest absolute Gasteiger partial charge is 0.480 e. The fraction of sp³-hybridized carbons (Fsp3) is 0.417. The molecule has 1 fully saturated rings. The molecule has 0 saturated carbocycles. The van der Waals surface area contributed by atoms with Crippen LogP contribution in [-0.4, -0.2) is 64.5 Å². The first-order chi connectivity index (χ1) is 9.06. The van der Waals surface area contributed by atoms with Gasteiger partial charge >= 0.3 is 5.97 Å². The molecule has 0 atom stereocenters. The number of carboxylic acid groups (broad SMARTS) is 1. The van der Waals surface area contributed by atoms with Crippen LogP contribution in [0.1, 0.15) is 10.4 Å². The zero-order valence-corrected chi connectivity index (χ0v) is 10.3. The molecule has 2 rings (SSSR count). The first-order valence-corrected chi connectivity index (χ1v) is 5.91. The number of nitrogens with zero attached hydrogens (tertiary/aromatic N) is 3. The van der Waals surface area contributed by atoms with Crippen molar-refractivity contribution >= 4 is 11.9 Å². The summed E-state index contributed by atoms with van der Waals surface area (Å²) in [6.45, 7) is 1.95. The van der Waals surface area contributed by atoms with Crippen LogP contribution in [0.4, 0.5) is 4.39 Å². The van der Waals surface area contributed by atoms with Crippen molar-refractivity contribution in [3.8, 4) is 0 Å². The summed E-state index contributed by atoms with van der Waals surface area (Å²) < 4.78 is 12.7. The summed E-state index contributed by atoms with van der Waals surface area (Å²) >= 11 is 0. The number of rotatable bonds is 3. The first-order valence-electron chi connectivity index (χ1n) is 5.91. The fourth-order valence-corrected chi connectivity index (χ4v) is 1.99. The van der Waals surface area contributed by atoms with Crippen molar-refractivity contribution in [3.05, 3.63) is 29.8 Å². The minimum absolute atomic E-state index is 0.0138. The van der Waals surface area contributed by atoms with Crippen molar-refractivity contribution in [3.63, 3.8) is 0 Å². The van der Waals surface area contributed by atoms with Crippen LogP contribution in [0, 0.1) is 5.95 Å². The van der Waals surface area contributed by atoms with E-state index in [0.717, 1.165) is 6.07 Å². The summed E-state index contributed by atoms with van der Waals surface area (Å²) in [5.41, 5.74) is 0.341. The van der Waals surface area contributed by atoms with Crippen LogP contribution in [0.15, 0.2) is 18.3 Å². The van der Waals surface area contributed by atoms with E-state index in [2.05, 4.69) is 4.98 Å². The normalized spacial score (nSPS) is 16.4. The molecule has 0 aliphatic carbocycles. The molecule has 1 N–H and O–H groups in total. The molecule has 0 bridgehead atoms. The lowest BCUT2D eigenvalue weighted by Crippen LogP contribution is -2.49. The lowest BCUT2D eigenvalue weighted by molar-refractivity contribution is -0.138. The minimum Gasteiger partial charge on any atom is -0.480 e. The number of aromatic nitrogens is 1. The van der Waals surface area contributed by atoms with Gasteiger partial charge in [0.05, 0.1) is 12.1 Å². The Labute approximate surface area is 109 Å². The number of carbonyl (C=O) groups excluding carboxylic acids is 1. The first kappa shape index (κ1) is 13.4. The number of hydrogen-bond acceptors (Lipinski definition) is 4. The van der Waals surface area contributed by atoms with Crippen LogP contribution in [0.2, 0.25) is 0 Å². The van der Waals surface area contributed by atoms with Gasteiger partial charge in [0.1, 0.15) is 0 Å². The molecule has 19 heavy (non-hydrogen) atoms. The quantitative estimate of drug-likeness (QED) is 0.784. The maximum Gasteiger partial charge on any atom is 0.317 e. The summed E-state index contributed by atoms with van der Waals surface area (Å²) in [6.07, 6.45) is 1.21. The summed E-state index contributed by atoms with van der Waals surface area (Å²) in [6, 6.07) is 2.54. The summed E-state index contributed by atoms with van der Waals surface area (Å²) in [7, 11) is 0. The van der Waals surface area contributed by atoms with Gasteiger partial charge in [-0.05, 0) is 12.1 Å². The van der Waals surface area contributed by atoms with Gasteiger partial charge in [-0.1, -0.05) is 0 Å². The molecule has 7 heteroatoms. The monoisotopic (exact) mass is 267 g/mol. The summed E-state index contributed by atoms with van der Waals surface area (Å²) in [4.78, 5) is 29.5. The Kier molecular flexibility index (Phi) is 4.06. The number of carbonyl (C=O) groups is 2. The second-order valence-corrected chi connectivity index (χ2v) is 4.33. The highest BCUT2D eigenvalue weighted by Gasteiger charge is 2.23. The number of hydrogen-bond donors (Lipinski definition) is 1. The Morgan fingerprint density at radius 1 is 1.26 bits per heavy atom. The number of aliphatic carboxylic acids is 1. The number of carboxylic acids is 1. The van der Waals surface area contributed by atoms with Crippen LogP contribution < -0.4 is 0 Å². The number of amides is 1. The SMILES string of the molecule is O=C(O)CN1CCN(C(=O)c2ccc(F)nc2)CC1. The molecular formula is C12H14FN3O3. The van der Waals surface area contributed by atoms with Crippen molar-refractivity contribution in [2.45, 2.75) is 0 Å². The third-order valence-corrected chi connectivity index (χ3v) is 2.99. The van der Waals surface area contributed by atoms with Gasteiger partial charge < -0.3 is 10.0 Å². The van der Waals surface area contributed by atoms with Crippen LogP contribution >= 0.6 is 0 Å². The number of halogens is 1. The van der Waals surface area contributed by atoms with Crippen molar-refractivity contribution in [2.24, 2.45) is 0 Å². The highest BCUT2D eigenvalue weighted by atomic mass is 19.1. The van der Waals surface area contributed by atoms with Crippen LogP contribution in [0.25, 0.3) is 0 Å². The summed E-state index contributed by atoms with van der Waals surface area (Å²) in [5, 5.41) is 8.68. The Morgan fingerprint density at radius 3 is 2.47 bits per heavy atom. The maximum absolute atomic E-state index is 12.7. The lowest BCUT2D eigenvalue weighted by Gasteiger charge is -2.33. The third-order valence-electron chi connectivity index (χ3n) is 2.99. The number of piperazine rings is 1. The van der Waals surface area contributed by atoms with Crippen molar-refractivity contribution < 1.29 is 19.1 Å². The average Bonchev–Trinajstić information content (AvgIpc) is 2.39. The molecule has 2 heterocycles. The van der Waals surface area contributed by atoms with E-state index in [0.29, 0.717) is 31.7 Å². The molecule has 1 aliphatic rings. The molecule has 1 saturated heterocycles. The van der Waals surface area contributed by atoms with Crippen LogP contribution in [-0.2, 0) is 4.79 Å². The highest BCUT2D eigenvalue weighted by molar-refractivity contribution is 5.93. The Hall–Kier alpha value is -2.02. The Bertz CT molecular complexity index is 470. The minimum atomic E-state index is -0.873. The molecule has 6 nitrogen and oxygen atoms in total. The fourth-order valence-electron chi connectivity index (χ4n) is 1.99. The van der Waals surface area contributed by atoms with Gasteiger partial charge in [-0.25, -0.2) is 4.98 Å². The van der Waals surface area contributed by atoms with Crippen molar-refractivity contribution in [1.82, 2.24) is 14.8 Å². The van der Waals surface area contributed by atoms with Gasteiger partial charge in [0.2, 0.25) is 5.95 Å². The van der Waals surface area contributed by atoms with Gasteiger partial charge in [0, 0.05) is 32.4 Å².